The van der Waals surface area contributed by atoms with Gasteiger partial charge in [0.2, 0.25) is 5.91 Å². The van der Waals surface area contributed by atoms with Crippen LogP contribution >= 0.6 is 11.3 Å². The number of carboxylic acids is 1. The van der Waals surface area contributed by atoms with Gasteiger partial charge in [-0.15, -0.1) is 11.3 Å². The van der Waals surface area contributed by atoms with Gasteiger partial charge in [0.15, 0.2) is 0 Å². The Labute approximate surface area is 175 Å². The summed E-state index contributed by atoms with van der Waals surface area (Å²) in [6.45, 7) is 6.69. The Kier molecular flexibility index (Phi) is 5.00. The summed E-state index contributed by atoms with van der Waals surface area (Å²) in [6.07, 6.45) is 5.27. The highest BCUT2D eigenvalue weighted by atomic mass is 32.1. The number of thiophene rings is 1. The van der Waals surface area contributed by atoms with Crippen molar-refractivity contribution in [2.24, 2.45) is 40.7 Å². The van der Waals surface area contributed by atoms with Crippen molar-refractivity contribution in [3.8, 4) is 0 Å². The maximum Gasteiger partial charge on any atom is 0.307 e. The maximum absolute atomic E-state index is 13.1. The number of anilines is 1. The first-order valence-corrected chi connectivity index (χ1v) is 11.4. The van der Waals surface area contributed by atoms with Crippen LogP contribution in [0.4, 0.5) is 5.00 Å². The summed E-state index contributed by atoms with van der Waals surface area (Å²) in [5, 5.41) is 13.1. The zero-order valence-electron chi connectivity index (χ0n) is 17.3. The summed E-state index contributed by atoms with van der Waals surface area (Å²) in [5.74, 6) is -2.08. The topological polar surface area (TPSA) is 109 Å². The van der Waals surface area contributed by atoms with E-state index in [1.807, 2.05) is 0 Å². The molecule has 2 bridgehead atoms. The second kappa shape index (κ2) is 7.11. The fourth-order valence-electron chi connectivity index (χ4n) is 5.89. The minimum absolute atomic E-state index is 0.0907. The molecule has 0 spiro atoms. The number of carbonyl (C=O) groups is 3. The lowest BCUT2D eigenvalue weighted by Crippen LogP contribution is -2.38. The molecular weight excluding hydrogens is 388 g/mol. The molecule has 0 radical (unpaired) electrons. The molecule has 4 rings (SSSR count). The van der Waals surface area contributed by atoms with Crippen molar-refractivity contribution < 1.29 is 19.5 Å². The average molecular weight is 419 g/mol. The monoisotopic (exact) mass is 418 g/mol. The molecule has 2 fully saturated rings. The van der Waals surface area contributed by atoms with Gasteiger partial charge in [0, 0.05) is 4.88 Å². The first kappa shape index (κ1) is 20.4. The van der Waals surface area contributed by atoms with Gasteiger partial charge in [0.25, 0.3) is 5.91 Å². The van der Waals surface area contributed by atoms with Crippen LogP contribution in [0.2, 0.25) is 0 Å². The van der Waals surface area contributed by atoms with Crippen molar-refractivity contribution in [2.45, 2.75) is 59.3 Å². The lowest BCUT2D eigenvalue weighted by molar-refractivity contribution is -0.148. The Morgan fingerprint density at radius 2 is 1.76 bits per heavy atom. The van der Waals surface area contributed by atoms with Crippen molar-refractivity contribution in [3.63, 3.8) is 0 Å². The summed E-state index contributed by atoms with van der Waals surface area (Å²) in [6, 6.07) is 0. The molecule has 6 nitrogen and oxygen atoms in total. The molecule has 0 aliphatic heterocycles. The fourth-order valence-corrected chi connectivity index (χ4v) is 7.23. The van der Waals surface area contributed by atoms with Crippen LogP contribution < -0.4 is 11.1 Å². The Morgan fingerprint density at radius 1 is 1.10 bits per heavy atom. The Bertz CT molecular complexity index is 869. The summed E-state index contributed by atoms with van der Waals surface area (Å²) < 4.78 is 0. The average Bonchev–Trinajstić information content (AvgIpc) is 3.31. The number of amides is 2. The number of hydrogen-bond donors (Lipinski definition) is 3. The third-order valence-corrected chi connectivity index (χ3v) is 8.65. The van der Waals surface area contributed by atoms with Crippen molar-refractivity contribution in [3.05, 3.63) is 16.0 Å². The van der Waals surface area contributed by atoms with Crippen molar-refractivity contribution in [1.82, 2.24) is 0 Å². The van der Waals surface area contributed by atoms with Crippen LogP contribution in [-0.4, -0.2) is 22.9 Å². The van der Waals surface area contributed by atoms with Gasteiger partial charge in [-0.1, -0.05) is 20.8 Å². The molecule has 3 aliphatic rings. The highest BCUT2D eigenvalue weighted by Crippen LogP contribution is 2.53. The van der Waals surface area contributed by atoms with E-state index in [0.717, 1.165) is 49.0 Å². The third-order valence-electron chi connectivity index (χ3n) is 7.48. The highest BCUT2D eigenvalue weighted by Gasteiger charge is 2.54. The van der Waals surface area contributed by atoms with E-state index in [2.05, 4.69) is 26.1 Å². The Hall–Kier alpha value is -1.89. The zero-order valence-corrected chi connectivity index (χ0v) is 18.1. The summed E-state index contributed by atoms with van der Waals surface area (Å²) >= 11 is 1.45. The number of hydrogen-bond acceptors (Lipinski definition) is 4. The molecule has 3 aliphatic carbocycles. The molecule has 0 unspecified atom stereocenters. The highest BCUT2D eigenvalue weighted by molar-refractivity contribution is 7.17. The van der Waals surface area contributed by atoms with E-state index in [1.54, 1.807) is 0 Å². The normalized spacial score (nSPS) is 30.8. The SMILES string of the molecule is CC(C)(C)[C@H]1CCc2c(sc(NC(=O)[C@@H]3[C@@H]4CC[C@@H](C4)[C@@H]3C(=O)O)c2C(N)=O)C1. The quantitative estimate of drug-likeness (QED) is 0.693. The molecule has 0 aromatic carbocycles. The number of fused-ring (bicyclic) bond motifs is 3. The lowest BCUT2D eigenvalue weighted by atomic mass is 9.72. The molecule has 2 amide bonds. The Balaban J connectivity index is 1.61. The smallest absolute Gasteiger partial charge is 0.307 e. The van der Waals surface area contributed by atoms with Crippen molar-refractivity contribution in [1.29, 1.82) is 0 Å². The molecule has 4 N–H and O–H groups in total. The minimum Gasteiger partial charge on any atom is -0.481 e. The van der Waals surface area contributed by atoms with E-state index in [9.17, 15) is 19.5 Å². The summed E-state index contributed by atoms with van der Waals surface area (Å²) in [4.78, 5) is 38.2. The van der Waals surface area contributed by atoms with Gasteiger partial charge >= 0.3 is 5.97 Å². The van der Waals surface area contributed by atoms with Gasteiger partial charge in [-0.25, -0.2) is 0 Å². The van der Waals surface area contributed by atoms with Gasteiger partial charge in [-0.3, -0.25) is 14.4 Å². The number of nitrogens with one attached hydrogen (secondary N) is 1. The second-order valence-corrected chi connectivity index (χ2v) is 11.2. The molecule has 0 saturated heterocycles. The number of nitrogens with two attached hydrogens (primary N) is 1. The first-order chi connectivity index (χ1) is 13.6. The number of carbonyl (C=O) groups excluding carboxylic acids is 2. The lowest BCUT2D eigenvalue weighted by Gasteiger charge is -2.33. The van der Waals surface area contributed by atoms with Crippen LogP contribution in [-0.2, 0) is 22.4 Å². The van der Waals surface area contributed by atoms with Crippen LogP contribution in [0, 0.1) is 35.0 Å². The standard InChI is InChI=1S/C22H30N2O4S/c1-22(2,3)12-6-7-13-14(9-12)29-20(17(13)18(23)25)24-19(26)15-10-4-5-11(8-10)16(15)21(27)28/h10-12,15-16H,4-9H2,1-3H3,(H2,23,25)(H,24,26)(H,27,28)/t10-,11+,12+,15-,16+/m1/s1. The molecule has 5 atom stereocenters. The molecule has 2 saturated carbocycles. The predicted molar refractivity (Wildman–Crippen MR) is 112 cm³/mol. The van der Waals surface area contributed by atoms with Crippen molar-refractivity contribution >= 4 is 34.1 Å². The van der Waals surface area contributed by atoms with E-state index in [0.29, 0.717) is 16.5 Å². The Morgan fingerprint density at radius 3 is 2.34 bits per heavy atom. The number of aliphatic carboxylic acids is 1. The maximum atomic E-state index is 13.1. The molecule has 29 heavy (non-hydrogen) atoms. The summed E-state index contributed by atoms with van der Waals surface area (Å²) in [7, 11) is 0. The van der Waals surface area contributed by atoms with Crippen LogP contribution in [0.1, 0.15) is 67.3 Å². The number of rotatable bonds is 4. The molecule has 1 aromatic heterocycles. The van der Waals surface area contributed by atoms with Gasteiger partial charge in [-0.2, -0.15) is 0 Å². The van der Waals surface area contributed by atoms with Crippen LogP contribution in [0.25, 0.3) is 0 Å². The molecule has 1 heterocycles. The first-order valence-electron chi connectivity index (χ1n) is 10.6. The van der Waals surface area contributed by atoms with Gasteiger partial charge in [-0.05, 0) is 67.3 Å². The van der Waals surface area contributed by atoms with E-state index >= 15 is 0 Å². The van der Waals surface area contributed by atoms with Gasteiger partial charge in [0.1, 0.15) is 5.00 Å². The molecule has 158 valence electrons. The van der Waals surface area contributed by atoms with E-state index in [4.69, 9.17) is 5.73 Å². The molecular formula is C22H30N2O4S. The largest absolute Gasteiger partial charge is 0.481 e. The van der Waals surface area contributed by atoms with Gasteiger partial charge < -0.3 is 16.2 Å². The van der Waals surface area contributed by atoms with E-state index in [-0.39, 0.29) is 23.2 Å². The predicted octanol–water partition coefficient (Wildman–Crippen LogP) is 3.68. The number of primary amides is 1. The van der Waals surface area contributed by atoms with Gasteiger partial charge in [0.05, 0.1) is 17.4 Å². The van der Waals surface area contributed by atoms with E-state index < -0.39 is 23.7 Å². The minimum atomic E-state index is -0.883. The van der Waals surface area contributed by atoms with E-state index in [1.165, 1.54) is 11.3 Å². The molecule has 7 heteroatoms. The van der Waals surface area contributed by atoms with Crippen molar-refractivity contribution in [2.75, 3.05) is 5.32 Å². The fraction of sp³-hybridized carbons (Fsp3) is 0.682. The van der Waals surface area contributed by atoms with Crippen LogP contribution in [0.15, 0.2) is 0 Å². The van der Waals surface area contributed by atoms with Crippen LogP contribution in [0.5, 0.6) is 0 Å². The second-order valence-electron chi connectivity index (χ2n) is 10.1. The number of carboxylic acid groups (broad SMARTS) is 1. The summed E-state index contributed by atoms with van der Waals surface area (Å²) in [5.41, 5.74) is 7.27. The van der Waals surface area contributed by atoms with Crippen LogP contribution in [0.3, 0.4) is 0 Å². The third kappa shape index (κ3) is 3.47. The molecule has 1 aromatic rings. The zero-order chi connectivity index (χ0) is 21.1.